The van der Waals surface area contributed by atoms with E-state index in [0.29, 0.717) is 0 Å². The molecule has 0 radical (unpaired) electrons. The number of fused-ring (bicyclic) bond motifs is 3. The average molecular weight is 372 g/mol. The van der Waals surface area contributed by atoms with Crippen LogP contribution in [0.1, 0.15) is 5.56 Å². The van der Waals surface area contributed by atoms with E-state index >= 15 is 0 Å². The van der Waals surface area contributed by atoms with E-state index in [9.17, 15) is 4.79 Å². The summed E-state index contributed by atoms with van der Waals surface area (Å²) >= 11 is 3.51. The fourth-order valence-corrected chi connectivity index (χ4v) is 3.39. The van der Waals surface area contributed by atoms with Gasteiger partial charge in [-0.15, -0.1) is 0 Å². The number of nitrogens with zero attached hydrogens (tertiary/aromatic N) is 5. The Morgan fingerprint density at radius 3 is 2.65 bits per heavy atom. The van der Waals surface area contributed by atoms with Crippen molar-refractivity contribution in [3.05, 3.63) is 51.1 Å². The molecule has 0 N–H and O–H groups in total. The number of aromatic nitrogens is 5. The topological polar surface area (TPSA) is 57.6 Å². The highest BCUT2D eigenvalue weighted by Crippen LogP contribution is 2.28. The molecule has 3 heterocycles. The summed E-state index contributed by atoms with van der Waals surface area (Å²) in [4.78, 5) is 17.3. The molecule has 3 aromatic heterocycles. The number of benzene rings is 1. The highest BCUT2D eigenvalue weighted by molar-refractivity contribution is 9.10. The maximum atomic E-state index is 12.9. The van der Waals surface area contributed by atoms with E-state index in [-0.39, 0.29) is 5.69 Å². The fraction of sp³-hybridized carbons (Fsp3) is 0.188. The number of hydrogen-bond donors (Lipinski definition) is 0. The van der Waals surface area contributed by atoms with Crippen molar-refractivity contribution >= 4 is 37.9 Å². The van der Waals surface area contributed by atoms with Crippen LogP contribution in [0.5, 0.6) is 0 Å². The highest BCUT2D eigenvalue weighted by atomic mass is 79.9. The summed E-state index contributed by atoms with van der Waals surface area (Å²) in [5.41, 5.74) is 3.32. The minimum atomic E-state index is -0.110. The van der Waals surface area contributed by atoms with E-state index in [1.54, 1.807) is 33.3 Å². The molecule has 116 valence electrons. The molecule has 4 aromatic rings. The van der Waals surface area contributed by atoms with Gasteiger partial charge < -0.3 is 0 Å². The molecule has 6 nitrogen and oxygen atoms in total. The summed E-state index contributed by atoms with van der Waals surface area (Å²) in [6, 6.07) is 5.88. The van der Waals surface area contributed by atoms with Gasteiger partial charge in [0.1, 0.15) is 5.82 Å². The van der Waals surface area contributed by atoms with Crippen molar-refractivity contribution in [2.75, 3.05) is 0 Å². The van der Waals surface area contributed by atoms with Crippen LogP contribution in [-0.2, 0) is 14.1 Å². The van der Waals surface area contributed by atoms with Gasteiger partial charge in [-0.2, -0.15) is 5.10 Å². The van der Waals surface area contributed by atoms with Crippen LogP contribution in [0.3, 0.4) is 0 Å². The molecule has 0 aliphatic heterocycles. The summed E-state index contributed by atoms with van der Waals surface area (Å²) in [7, 11) is 3.60. The van der Waals surface area contributed by atoms with Gasteiger partial charge in [-0.25, -0.2) is 9.36 Å². The third-order valence-corrected chi connectivity index (χ3v) is 4.63. The molecule has 1 aromatic carbocycles. The molecule has 0 spiro atoms. The van der Waals surface area contributed by atoms with Crippen molar-refractivity contribution in [3.8, 4) is 5.82 Å². The molecular formula is C16H14BrN5O. The zero-order chi connectivity index (χ0) is 16.3. The van der Waals surface area contributed by atoms with Gasteiger partial charge in [-0.05, 0) is 25.1 Å². The van der Waals surface area contributed by atoms with Crippen LogP contribution >= 0.6 is 15.9 Å². The smallest absolute Gasteiger partial charge is 0.293 e. The summed E-state index contributed by atoms with van der Waals surface area (Å²) in [5.74, 6) is 0.771. The Morgan fingerprint density at radius 2 is 1.96 bits per heavy atom. The van der Waals surface area contributed by atoms with Crippen LogP contribution < -0.4 is 5.69 Å². The Labute approximate surface area is 140 Å². The van der Waals surface area contributed by atoms with Gasteiger partial charge in [0.05, 0.1) is 28.9 Å². The summed E-state index contributed by atoms with van der Waals surface area (Å²) in [5, 5.41) is 5.20. The molecule has 0 fully saturated rings. The van der Waals surface area contributed by atoms with Crippen LogP contribution in [-0.4, -0.2) is 23.9 Å². The molecule has 0 aliphatic rings. The van der Waals surface area contributed by atoms with Crippen LogP contribution in [0.2, 0.25) is 0 Å². The highest BCUT2D eigenvalue weighted by Gasteiger charge is 2.19. The van der Waals surface area contributed by atoms with Gasteiger partial charge >= 0.3 is 5.69 Å². The second-order valence-corrected chi connectivity index (χ2v) is 6.52. The molecule has 4 rings (SSSR count). The fourth-order valence-electron chi connectivity index (χ4n) is 3.03. The Hall–Kier alpha value is -2.41. The second kappa shape index (κ2) is 4.79. The molecule has 7 heteroatoms. The third-order valence-electron chi connectivity index (χ3n) is 4.14. The van der Waals surface area contributed by atoms with Gasteiger partial charge in [0.2, 0.25) is 0 Å². The standard InChI is InChI=1S/C16H14BrN5O/c1-9-7-19-21(3)15(9)22-14-11-6-10(17)4-5-12(11)18-8-13(14)20(2)16(22)23/h4-8H,1-3H3. The molecule has 0 aliphatic carbocycles. The van der Waals surface area contributed by atoms with E-state index in [1.807, 2.05) is 32.2 Å². The lowest BCUT2D eigenvalue weighted by molar-refractivity contribution is 0.716. The van der Waals surface area contributed by atoms with Gasteiger partial charge in [-0.1, -0.05) is 15.9 Å². The number of imidazole rings is 1. The Balaban J connectivity index is 2.30. The van der Waals surface area contributed by atoms with E-state index in [0.717, 1.165) is 37.8 Å². The SMILES string of the molecule is Cc1cnn(C)c1-n1c(=O)n(C)c2cnc3ccc(Br)cc3c21. The average Bonchev–Trinajstić information content (AvgIpc) is 2.98. The van der Waals surface area contributed by atoms with E-state index in [2.05, 4.69) is 26.0 Å². The normalized spacial score (nSPS) is 11.7. The number of rotatable bonds is 1. The number of hydrogen-bond acceptors (Lipinski definition) is 3. The lowest BCUT2D eigenvalue weighted by Crippen LogP contribution is -2.23. The van der Waals surface area contributed by atoms with Gasteiger partial charge in [-0.3, -0.25) is 14.2 Å². The van der Waals surface area contributed by atoms with Crippen molar-refractivity contribution in [1.82, 2.24) is 23.9 Å². The number of pyridine rings is 1. The van der Waals surface area contributed by atoms with Crippen LogP contribution in [0, 0.1) is 6.92 Å². The van der Waals surface area contributed by atoms with Crippen molar-refractivity contribution in [2.24, 2.45) is 14.1 Å². The van der Waals surface area contributed by atoms with Gasteiger partial charge in [0.15, 0.2) is 0 Å². The van der Waals surface area contributed by atoms with Crippen molar-refractivity contribution in [3.63, 3.8) is 0 Å². The first kappa shape index (κ1) is 14.2. The molecule has 0 atom stereocenters. The molecule has 0 saturated carbocycles. The molecule has 23 heavy (non-hydrogen) atoms. The van der Waals surface area contributed by atoms with E-state index < -0.39 is 0 Å². The van der Waals surface area contributed by atoms with Crippen LogP contribution in [0.15, 0.2) is 39.9 Å². The molecule has 0 bridgehead atoms. The minimum absolute atomic E-state index is 0.110. The maximum Gasteiger partial charge on any atom is 0.334 e. The first-order chi connectivity index (χ1) is 11.0. The predicted molar refractivity (Wildman–Crippen MR) is 93.0 cm³/mol. The lowest BCUT2D eigenvalue weighted by Gasteiger charge is -2.07. The first-order valence-corrected chi connectivity index (χ1v) is 7.93. The first-order valence-electron chi connectivity index (χ1n) is 7.13. The summed E-state index contributed by atoms with van der Waals surface area (Å²) < 4.78 is 6.01. The zero-order valence-electron chi connectivity index (χ0n) is 12.9. The number of halogens is 1. The quantitative estimate of drug-likeness (QED) is 0.516. The van der Waals surface area contributed by atoms with E-state index in [4.69, 9.17) is 0 Å². The van der Waals surface area contributed by atoms with E-state index in [1.165, 1.54) is 0 Å². The third kappa shape index (κ3) is 1.89. The monoisotopic (exact) mass is 371 g/mol. The van der Waals surface area contributed by atoms with Crippen LogP contribution in [0.25, 0.3) is 27.8 Å². The van der Waals surface area contributed by atoms with Crippen molar-refractivity contribution < 1.29 is 0 Å². The Kier molecular flexibility index (Phi) is 2.96. The largest absolute Gasteiger partial charge is 0.334 e. The molecule has 0 saturated heterocycles. The minimum Gasteiger partial charge on any atom is -0.293 e. The lowest BCUT2D eigenvalue weighted by atomic mass is 10.2. The zero-order valence-corrected chi connectivity index (χ0v) is 14.5. The van der Waals surface area contributed by atoms with Gasteiger partial charge in [0.25, 0.3) is 0 Å². The Bertz CT molecular complexity index is 1120. The molecule has 0 unspecified atom stereocenters. The summed E-state index contributed by atoms with van der Waals surface area (Å²) in [6.45, 7) is 1.95. The Morgan fingerprint density at radius 1 is 1.17 bits per heavy atom. The predicted octanol–water partition coefficient (Wildman–Crippen LogP) is 2.68. The van der Waals surface area contributed by atoms with Crippen molar-refractivity contribution in [1.29, 1.82) is 0 Å². The second-order valence-electron chi connectivity index (χ2n) is 5.61. The van der Waals surface area contributed by atoms with Gasteiger partial charge in [0, 0.05) is 29.5 Å². The molecule has 0 amide bonds. The van der Waals surface area contributed by atoms with Crippen LogP contribution in [0.4, 0.5) is 0 Å². The number of aryl methyl sites for hydroxylation is 3. The maximum absolute atomic E-state index is 12.9. The van der Waals surface area contributed by atoms with Crippen molar-refractivity contribution in [2.45, 2.75) is 6.92 Å². The molecular weight excluding hydrogens is 358 g/mol. The summed E-state index contributed by atoms with van der Waals surface area (Å²) in [6.07, 6.45) is 3.51.